The third-order valence-electron chi connectivity index (χ3n) is 11.8. The van der Waals surface area contributed by atoms with Crippen LogP contribution in [0.3, 0.4) is 0 Å². The molecule has 0 saturated carbocycles. The molecule has 0 aromatic carbocycles. The Morgan fingerprint density at radius 3 is 1.46 bits per heavy atom. The van der Waals surface area contributed by atoms with E-state index in [1.807, 2.05) is 12.2 Å². The van der Waals surface area contributed by atoms with Crippen LogP contribution < -0.4 is 0 Å². The van der Waals surface area contributed by atoms with Crippen molar-refractivity contribution in [3.8, 4) is 0 Å². The Labute approximate surface area is 400 Å². The lowest BCUT2D eigenvalue weighted by molar-refractivity contribution is -0.332. The Bertz CT molecular complexity index is 1400. The zero-order chi connectivity index (χ0) is 48.9. The summed E-state index contributed by atoms with van der Waals surface area (Å²) in [5, 5.41) is 72.0. The van der Waals surface area contributed by atoms with Gasteiger partial charge in [0.1, 0.15) is 55.4 Å². The SMILES string of the molecule is CCCCC/C=C/C/C=C/C/C=C/C/C=C/C/C=C/CCC(=O)O[C@H](COC(=O)CCCCCCCCCCCCCC)CO[C@H]1O[C@@H](CO[C@H]2O[C@@H](CO)[C@@H](O)C(O)C2O)[C@@H](O)C(O)C1O. The van der Waals surface area contributed by atoms with Crippen molar-refractivity contribution < 1.29 is 73.8 Å². The first-order chi connectivity index (χ1) is 32.5. The number of allylic oxidation sites excluding steroid dienone is 10. The predicted molar refractivity (Wildman–Crippen MR) is 256 cm³/mol. The Morgan fingerprint density at radius 1 is 0.478 bits per heavy atom. The molecule has 15 heteroatoms. The molecule has 7 N–H and O–H groups in total. The molecule has 2 aliphatic heterocycles. The molecule has 0 aliphatic carbocycles. The maximum atomic E-state index is 13.0. The molecule has 2 aliphatic rings. The Hall–Kier alpha value is -2.80. The molecule has 4 unspecified atom stereocenters. The smallest absolute Gasteiger partial charge is 0.306 e. The van der Waals surface area contributed by atoms with Crippen molar-refractivity contribution in [1.82, 2.24) is 0 Å². The number of carbonyl (C=O) groups excluding carboxylic acids is 2. The Morgan fingerprint density at radius 2 is 0.925 bits per heavy atom. The molecule has 67 heavy (non-hydrogen) atoms. The Balaban J connectivity index is 1.85. The fourth-order valence-electron chi connectivity index (χ4n) is 7.55. The minimum absolute atomic E-state index is 0.0409. The number of ether oxygens (including phenoxy) is 6. The van der Waals surface area contributed by atoms with Gasteiger partial charge in [-0.25, -0.2) is 0 Å². The molecule has 2 fully saturated rings. The van der Waals surface area contributed by atoms with E-state index in [9.17, 15) is 45.3 Å². The van der Waals surface area contributed by atoms with Gasteiger partial charge in [0.15, 0.2) is 18.7 Å². The van der Waals surface area contributed by atoms with Crippen molar-refractivity contribution in [2.45, 2.75) is 229 Å². The summed E-state index contributed by atoms with van der Waals surface area (Å²) in [7, 11) is 0. The maximum Gasteiger partial charge on any atom is 0.306 e. The number of unbranched alkanes of at least 4 members (excludes halogenated alkanes) is 14. The van der Waals surface area contributed by atoms with Crippen LogP contribution in [0.1, 0.15) is 162 Å². The van der Waals surface area contributed by atoms with E-state index in [4.69, 9.17) is 28.4 Å². The highest BCUT2D eigenvalue weighted by Gasteiger charge is 2.47. The summed E-state index contributed by atoms with van der Waals surface area (Å²) in [6.07, 6.45) is 26.9. The number of carbonyl (C=O) groups is 2. The topological polar surface area (TPSA) is 231 Å². The monoisotopic (exact) mass is 953 g/mol. The van der Waals surface area contributed by atoms with Crippen LogP contribution in [0.2, 0.25) is 0 Å². The van der Waals surface area contributed by atoms with E-state index in [1.54, 1.807) is 0 Å². The molecule has 0 bridgehead atoms. The first-order valence-electron chi connectivity index (χ1n) is 25.4. The highest BCUT2D eigenvalue weighted by Crippen LogP contribution is 2.26. The lowest BCUT2D eigenvalue weighted by Crippen LogP contribution is -2.61. The van der Waals surface area contributed by atoms with Crippen molar-refractivity contribution in [1.29, 1.82) is 0 Å². The quantitative estimate of drug-likeness (QED) is 0.0190. The molecule has 11 atom stereocenters. The van der Waals surface area contributed by atoms with Gasteiger partial charge in [-0.15, -0.1) is 0 Å². The number of rotatable bonds is 38. The van der Waals surface area contributed by atoms with Gasteiger partial charge in [-0.2, -0.15) is 0 Å². The molecule has 2 saturated heterocycles. The highest BCUT2D eigenvalue weighted by atomic mass is 16.7. The second-order valence-electron chi connectivity index (χ2n) is 17.6. The van der Waals surface area contributed by atoms with E-state index in [2.05, 4.69) is 62.5 Å². The number of aliphatic hydroxyl groups is 7. The largest absolute Gasteiger partial charge is 0.462 e. The summed E-state index contributed by atoms with van der Waals surface area (Å²) in [5.41, 5.74) is 0. The van der Waals surface area contributed by atoms with Crippen LogP contribution in [-0.2, 0) is 38.0 Å². The van der Waals surface area contributed by atoms with E-state index in [0.717, 1.165) is 44.9 Å². The first kappa shape index (κ1) is 60.3. The fourth-order valence-corrected chi connectivity index (χ4v) is 7.55. The van der Waals surface area contributed by atoms with Crippen LogP contribution >= 0.6 is 0 Å². The number of aliphatic hydroxyl groups excluding tert-OH is 7. The van der Waals surface area contributed by atoms with Gasteiger partial charge < -0.3 is 64.2 Å². The number of hydrogen-bond donors (Lipinski definition) is 7. The molecule has 2 heterocycles. The zero-order valence-electron chi connectivity index (χ0n) is 40.6. The van der Waals surface area contributed by atoms with E-state index >= 15 is 0 Å². The third-order valence-corrected chi connectivity index (χ3v) is 11.8. The summed E-state index contributed by atoms with van der Waals surface area (Å²) < 4.78 is 33.4. The van der Waals surface area contributed by atoms with Crippen molar-refractivity contribution in [2.24, 2.45) is 0 Å². The van der Waals surface area contributed by atoms with E-state index in [1.165, 1.54) is 70.6 Å². The fraction of sp³-hybridized carbons (Fsp3) is 0.769. The molecule has 0 aromatic heterocycles. The molecule has 0 amide bonds. The van der Waals surface area contributed by atoms with Crippen LogP contribution in [-0.4, -0.2) is 142 Å². The molecule has 0 aromatic rings. The molecule has 0 radical (unpaired) electrons. The van der Waals surface area contributed by atoms with Gasteiger partial charge in [-0.05, 0) is 51.4 Å². The van der Waals surface area contributed by atoms with Gasteiger partial charge in [-0.3, -0.25) is 9.59 Å². The second-order valence-corrected chi connectivity index (χ2v) is 17.6. The second kappa shape index (κ2) is 39.0. The van der Waals surface area contributed by atoms with Crippen LogP contribution in [0.4, 0.5) is 0 Å². The molecular formula is C52H88O15. The molecule has 15 nitrogen and oxygen atoms in total. The van der Waals surface area contributed by atoms with Gasteiger partial charge >= 0.3 is 11.9 Å². The van der Waals surface area contributed by atoms with E-state index < -0.39 is 99.3 Å². The minimum atomic E-state index is -1.78. The van der Waals surface area contributed by atoms with Crippen molar-refractivity contribution in [2.75, 3.05) is 26.4 Å². The van der Waals surface area contributed by atoms with Gasteiger partial charge in [0.25, 0.3) is 0 Å². The molecular weight excluding hydrogens is 865 g/mol. The lowest BCUT2D eigenvalue weighted by atomic mass is 9.98. The van der Waals surface area contributed by atoms with Gasteiger partial charge in [0.05, 0.1) is 19.8 Å². The van der Waals surface area contributed by atoms with Crippen molar-refractivity contribution >= 4 is 11.9 Å². The summed E-state index contributed by atoms with van der Waals surface area (Å²) >= 11 is 0. The molecule has 0 spiro atoms. The third kappa shape index (κ3) is 27.3. The van der Waals surface area contributed by atoms with Gasteiger partial charge in [-0.1, -0.05) is 158 Å². The van der Waals surface area contributed by atoms with E-state index in [0.29, 0.717) is 19.3 Å². The van der Waals surface area contributed by atoms with Gasteiger partial charge in [0.2, 0.25) is 0 Å². The maximum absolute atomic E-state index is 13.0. The van der Waals surface area contributed by atoms with Gasteiger partial charge in [0, 0.05) is 12.8 Å². The zero-order valence-corrected chi connectivity index (χ0v) is 40.6. The standard InChI is InChI=1S/C52H88O15/c1-3-5-7-9-11-13-15-17-18-19-20-21-22-23-25-27-29-31-33-35-44(55)65-40(37-62-43(54)34-32-30-28-26-24-16-14-12-10-8-6-4-2)38-63-51-50(61)48(59)46(57)42(67-51)39-64-52-49(60)47(58)45(56)41(36-53)66-52/h11,13,17-18,20-21,23,25,29,31,40-42,45-53,56-61H,3-10,12,14-16,19,22,24,26-28,30,32-39H2,1-2H3/b13-11+,18-17+,21-20+,25-23+,31-29+/t40-,41+,42+,45-,46-,47?,48?,49?,50?,51+,52+/m1/s1. The number of esters is 2. The summed E-state index contributed by atoms with van der Waals surface area (Å²) in [5.74, 6) is -1.02. The summed E-state index contributed by atoms with van der Waals surface area (Å²) in [6.45, 7) is 2.47. The van der Waals surface area contributed by atoms with Crippen LogP contribution in [0, 0.1) is 0 Å². The highest BCUT2D eigenvalue weighted by molar-refractivity contribution is 5.70. The average Bonchev–Trinajstić information content (AvgIpc) is 3.32. The van der Waals surface area contributed by atoms with Crippen LogP contribution in [0.15, 0.2) is 60.8 Å². The lowest BCUT2D eigenvalue weighted by Gasteiger charge is -2.42. The van der Waals surface area contributed by atoms with Crippen LogP contribution in [0.25, 0.3) is 0 Å². The first-order valence-corrected chi connectivity index (χ1v) is 25.4. The summed E-state index contributed by atoms with van der Waals surface area (Å²) in [6, 6.07) is 0. The average molecular weight is 953 g/mol. The molecule has 2 rings (SSSR count). The number of hydrogen-bond acceptors (Lipinski definition) is 15. The minimum Gasteiger partial charge on any atom is -0.462 e. The Kier molecular flexibility index (Phi) is 35.1. The van der Waals surface area contributed by atoms with Crippen molar-refractivity contribution in [3.05, 3.63) is 60.8 Å². The summed E-state index contributed by atoms with van der Waals surface area (Å²) in [4.78, 5) is 25.7. The van der Waals surface area contributed by atoms with Crippen LogP contribution in [0.5, 0.6) is 0 Å². The van der Waals surface area contributed by atoms with Crippen molar-refractivity contribution in [3.63, 3.8) is 0 Å². The normalized spacial score (nSPS) is 26.5. The predicted octanol–water partition coefficient (Wildman–Crippen LogP) is 6.88. The van der Waals surface area contributed by atoms with E-state index in [-0.39, 0.29) is 19.4 Å². The molecule has 386 valence electrons.